The number of hydrogen-bond acceptors (Lipinski definition) is 2. The van der Waals surface area contributed by atoms with E-state index in [-0.39, 0.29) is 23.7 Å². The summed E-state index contributed by atoms with van der Waals surface area (Å²) in [5, 5.41) is 9.24. The van der Waals surface area contributed by atoms with Crippen molar-refractivity contribution in [3.05, 3.63) is 290 Å². The maximum absolute atomic E-state index is 14.8. The van der Waals surface area contributed by atoms with Gasteiger partial charge in [-0.05, 0) is 192 Å². The Morgan fingerprint density at radius 3 is 1.00 bits per heavy atom. The summed E-state index contributed by atoms with van der Waals surface area (Å²) in [5.74, 6) is -0.428. The lowest BCUT2D eigenvalue weighted by atomic mass is 9.85. The van der Waals surface area contributed by atoms with Crippen molar-refractivity contribution in [2.24, 2.45) is 0 Å². The van der Waals surface area contributed by atoms with E-state index in [9.17, 15) is 8.78 Å². The van der Waals surface area contributed by atoms with Gasteiger partial charge in [-0.3, -0.25) is 0 Å². The SMILES string of the molecule is Cc1ccc(N(c2ccc3c(-c4ccc(-n5c6ccccc6c6ccccc65)cc4)c4cc(N(c5ccc(C)cc5)C5C=CC(F)=CC5)ccc4c(-c4ccc(-n5c6ccccc6c6ccccc65)cc4)c3c2)C2C=CC(F)=CC2)cc1. The Hall–Kier alpha value is -10.0. The fourth-order valence-corrected chi connectivity index (χ4v) is 13.1. The van der Waals surface area contributed by atoms with Gasteiger partial charge in [-0.2, -0.15) is 0 Å². The van der Waals surface area contributed by atoms with Crippen molar-refractivity contribution in [1.29, 1.82) is 0 Å². The van der Waals surface area contributed by atoms with Crippen molar-refractivity contribution in [1.82, 2.24) is 9.13 Å². The van der Waals surface area contributed by atoms with E-state index in [1.165, 1.54) is 32.7 Å². The summed E-state index contributed by atoms with van der Waals surface area (Å²) in [6, 6.07) is 83.7. The number of fused-ring (bicyclic) bond motifs is 8. The molecule has 0 amide bonds. The Labute approximate surface area is 475 Å². The molecule has 0 saturated carbocycles. The molecule has 394 valence electrons. The highest BCUT2D eigenvalue weighted by atomic mass is 19.1. The van der Waals surface area contributed by atoms with Gasteiger partial charge in [0.15, 0.2) is 0 Å². The monoisotopic (exact) mass is 1060 g/mol. The topological polar surface area (TPSA) is 16.3 Å². The molecular formula is C76H56F2N4. The zero-order valence-electron chi connectivity index (χ0n) is 45.5. The second-order valence-electron chi connectivity index (χ2n) is 22.0. The van der Waals surface area contributed by atoms with E-state index in [0.29, 0.717) is 12.8 Å². The van der Waals surface area contributed by atoms with Gasteiger partial charge in [-0.25, -0.2) is 8.78 Å². The number of nitrogens with zero attached hydrogens (tertiary/aromatic N) is 4. The maximum Gasteiger partial charge on any atom is 0.119 e. The molecule has 2 aromatic heterocycles. The third-order valence-corrected chi connectivity index (χ3v) is 17.0. The third kappa shape index (κ3) is 8.32. The largest absolute Gasteiger partial charge is 0.334 e. The molecule has 2 aliphatic carbocycles. The Balaban J connectivity index is 1.00. The first kappa shape index (κ1) is 49.0. The molecule has 4 nitrogen and oxygen atoms in total. The summed E-state index contributed by atoms with van der Waals surface area (Å²) in [5.41, 5.74) is 17.6. The molecule has 2 aliphatic rings. The number of anilines is 4. The second kappa shape index (κ2) is 19.9. The number of benzene rings is 11. The van der Waals surface area contributed by atoms with Crippen LogP contribution in [-0.4, -0.2) is 21.2 Å². The van der Waals surface area contributed by atoms with Gasteiger partial charge in [0.25, 0.3) is 0 Å². The molecule has 2 atom stereocenters. The van der Waals surface area contributed by atoms with E-state index >= 15 is 0 Å². The van der Waals surface area contributed by atoms with E-state index in [4.69, 9.17) is 0 Å². The molecule has 2 unspecified atom stereocenters. The van der Waals surface area contributed by atoms with Crippen molar-refractivity contribution in [2.45, 2.75) is 38.8 Å². The van der Waals surface area contributed by atoms with Crippen LogP contribution in [0.1, 0.15) is 24.0 Å². The summed E-state index contributed by atoms with van der Waals surface area (Å²) in [4.78, 5) is 4.71. The molecule has 13 aromatic rings. The third-order valence-electron chi connectivity index (χ3n) is 17.0. The Morgan fingerprint density at radius 1 is 0.341 bits per heavy atom. The Morgan fingerprint density at radius 2 is 0.671 bits per heavy atom. The molecule has 0 radical (unpaired) electrons. The van der Waals surface area contributed by atoms with Gasteiger partial charge in [0.1, 0.15) is 11.7 Å². The number of allylic oxidation sites excluding steroid dienone is 4. The van der Waals surface area contributed by atoms with Crippen LogP contribution in [0.5, 0.6) is 0 Å². The van der Waals surface area contributed by atoms with Crippen LogP contribution >= 0.6 is 0 Å². The predicted molar refractivity (Wildman–Crippen MR) is 341 cm³/mol. The average Bonchev–Trinajstić information content (AvgIpc) is 3.98. The zero-order valence-corrected chi connectivity index (χ0v) is 45.5. The van der Waals surface area contributed by atoms with Crippen molar-refractivity contribution < 1.29 is 8.78 Å². The van der Waals surface area contributed by atoms with Gasteiger partial charge in [-0.15, -0.1) is 0 Å². The first-order valence-electron chi connectivity index (χ1n) is 28.3. The molecule has 0 aliphatic heterocycles. The predicted octanol–water partition coefficient (Wildman–Crippen LogP) is 20.8. The number of aromatic nitrogens is 2. The van der Waals surface area contributed by atoms with E-state index < -0.39 is 0 Å². The molecular weight excluding hydrogens is 1010 g/mol. The quantitative estimate of drug-likeness (QED) is 0.127. The van der Waals surface area contributed by atoms with Crippen LogP contribution in [-0.2, 0) is 0 Å². The molecule has 0 bridgehead atoms. The first-order chi connectivity index (χ1) is 40.3. The normalized spacial score (nSPS) is 15.3. The number of aryl methyl sites for hydroxylation is 2. The van der Waals surface area contributed by atoms with Crippen LogP contribution < -0.4 is 9.80 Å². The summed E-state index contributed by atoms with van der Waals surface area (Å²) >= 11 is 0. The molecule has 0 saturated heterocycles. The Bertz CT molecular complexity index is 4370. The number of hydrogen-bond donors (Lipinski definition) is 0. The van der Waals surface area contributed by atoms with Crippen molar-refractivity contribution in [3.63, 3.8) is 0 Å². The second-order valence-corrected chi connectivity index (χ2v) is 22.0. The molecule has 0 fully saturated rings. The fraction of sp³-hybridized carbons (Fsp3) is 0.0789. The van der Waals surface area contributed by atoms with E-state index in [0.717, 1.165) is 100.0 Å². The lowest BCUT2D eigenvalue weighted by Crippen LogP contribution is -2.30. The highest BCUT2D eigenvalue weighted by molar-refractivity contribution is 6.23. The number of rotatable bonds is 10. The molecule has 82 heavy (non-hydrogen) atoms. The minimum absolute atomic E-state index is 0.130. The molecule has 0 spiro atoms. The lowest BCUT2D eigenvalue weighted by Gasteiger charge is -2.34. The zero-order chi connectivity index (χ0) is 55.0. The van der Waals surface area contributed by atoms with E-state index in [1.54, 1.807) is 24.3 Å². The van der Waals surface area contributed by atoms with Crippen molar-refractivity contribution >= 4 is 87.9 Å². The van der Waals surface area contributed by atoms with E-state index in [1.807, 2.05) is 12.2 Å². The van der Waals surface area contributed by atoms with Gasteiger partial charge < -0.3 is 18.9 Å². The number of halogens is 2. The van der Waals surface area contributed by atoms with Gasteiger partial charge in [0, 0.05) is 55.7 Å². The van der Waals surface area contributed by atoms with Crippen LogP contribution in [0.4, 0.5) is 31.5 Å². The van der Waals surface area contributed by atoms with Crippen LogP contribution in [0, 0.1) is 13.8 Å². The van der Waals surface area contributed by atoms with Gasteiger partial charge >= 0.3 is 0 Å². The summed E-state index contributed by atoms with van der Waals surface area (Å²) in [7, 11) is 0. The van der Waals surface area contributed by atoms with E-state index in [2.05, 4.69) is 263 Å². The number of para-hydroxylation sites is 4. The maximum atomic E-state index is 14.8. The molecule has 15 rings (SSSR count). The molecule has 0 N–H and O–H groups in total. The van der Waals surface area contributed by atoms with Gasteiger partial charge in [0.05, 0.1) is 34.2 Å². The van der Waals surface area contributed by atoms with Crippen molar-refractivity contribution in [3.8, 4) is 33.6 Å². The Kier molecular flexibility index (Phi) is 11.9. The van der Waals surface area contributed by atoms with Crippen LogP contribution in [0.15, 0.2) is 279 Å². The van der Waals surface area contributed by atoms with Gasteiger partial charge in [-0.1, -0.05) is 157 Å². The standard InChI is InChI=1S/C76H56F2N4/c1-49-19-31-55(32-20-49)79(57-39-27-53(77)28-40-57)61-43-45-67-69(47-61)75(51-23-35-59(36-24-51)81-71-15-7-3-11-63(71)64-12-4-8-16-72(64)81)68-46-44-62(80(56-33-21-50(2)22-34-56)58-41-29-54(78)30-42-58)48-70(68)76(67)52-25-37-60(38-26-52)82-73-17-9-5-13-65(73)66-14-6-10-18-74(66)82/h3-39,41,43-48,57-58H,40,42H2,1-2H3. The van der Waals surface area contributed by atoms with Gasteiger partial charge in [0.2, 0.25) is 0 Å². The average molecular weight is 1060 g/mol. The molecule has 11 aromatic carbocycles. The minimum Gasteiger partial charge on any atom is -0.334 e. The fourth-order valence-electron chi connectivity index (χ4n) is 13.1. The summed E-state index contributed by atoms with van der Waals surface area (Å²) < 4.78 is 34.4. The van der Waals surface area contributed by atoms with Crippen molar-refractivity contribution in [2.75, 3.05) is 9.80 Å². The highest BCUT2D eigenvalue weighted by Crippen LogP contribution is 2.49. The smallest absolute Gasteiger partial charge is 0.119 e. The molecule has 6 heteroatoms. The lowest BCUT2D eigenvalue weighted by molar-refractivity contribution is 0.638. The highest BCUT2D eigenvalue weighted by Gasteiger charge is 2.27. The van der Waals surface area contributed by atoms with Crippen LogP contribution in [0.3, 0.4) is 0 Å². The van der Waals surface area contributed by atoms with Crippen LogP contribution in [0.2, 0.25) is 0 Å². The van der Waals surface area contributed by atoms with Crippen LogP contribution in [0.25, 0.3) is 98.8 Å². The molecule has 2 heterocycles. The summed E-state index contributed by atoms with van der Waals surface area (Å²) in [6.07, 6.45) is 11.6. The first-order valence-corrected chi connectivity index (χ1v) is 28.3. The minimum atomic E-state index is -0.214. The summed E-state index contributed by atoms with van der Waals surface area (Å²) in [6.45, 7) is 4.22.